The highest BCUT2D eigenvalue weighted by atomic mass is 19.2. The van der Waals surface area contributed by atoms with Crippen LogP contribution in [0.5, 0.6) is 0 Å². The van der Waals surface area contributed by atoms with Crippen LogP contribution in [0.15, 0.2) is 12.1 Å². The highest BCUT2D eigenvalue weighted by molar-refractivity contribution is 5.24. The molecule has 96 valence electrons. The molecule has 0 saturated carbocycles. The SMILES string of the molecule is CC(C)C[C@@H](O)[C@@H](N)c1cc(F)c(F)cc1F. The number of rotatable bonds is 4. The number of nitrogens with two attached hydrogens (primary N) is 1. The largest absolute Gasteiger partial charge is 0.391 e. The van der Waals surface area contributed by atoms with E-state index in [4.69, 9.17) is 5.73 Å². The number of hydrogen-bond donors (Lipinski definition) is 2. The van der Waals surface area contributed by atoms with Gasteiger partial charge in [0.05, 0.1) is 12.1 Å². The normalized spacial score (nSPS) is 15.1. The molecule has 1 aromatic rings. The van der Waals surface area contributed by atoms with Crippen molar-refractivity contribution in [1.82, 2.24) is 0 Å². The molecule has 2 nitrogen and oxygen atoms in total. The standard InChI is InChI=1S/C12H16F3NO/c1-6(2)3-11(17)12(16)7-4-9(14)10(15)5-8(7)13/h4-6,11-12,17H,3,16H2,1-2H3/t11-,12+/m1/s1. The quantitative estimate of drug-likeness (QED) is 0.803. The van der Waals surface area contributed by atoms with Gasteiger partial charge in [-0.3, -0.25) is 0 Å². The lowest BCUT2D eigenvalue weighted by Crippen LogP contribution is -2.28. The Balaban J connectivity index is 2.95. The Hall–Kier alpha value is -1.07. The zero-order chi connectivity index (χ0) is 13.2. The summed E-state index contributed by atoms with van der Waals surface area (Å²) in [6.07, 6.45) is -0.631. The fourth-order valence-electron chi connectivity index (χ4n) is 1.63. The third kappa shape index (κ3) is 3.44. The van der Waals surface area contributed by atoms with Crippen molar-refractivity contribution in [2.75, 3.05) is 0 Å². The molecule has 0 heterocycles. The summed E-state index contributed by atoms with van der Waals surface area (Å²) in [7, 11) is 0. The number of halogens is 3. The molecule has 0 aliphatic carbocycles. The van der Waals surface area contributed by atoms with Gasteiger partial charge >= 0.3 is 0 Å². The van der Waals surface area contributed by atoms with Crippen LogP contribution in [0.25, 0.3) is 0 Å². The number of aliphatic hydroxyl groups excluding tert-OH is 1. The van der Waals surface area contributed by atoms with E-state index in [2.05, 4.69) is 0 Å². The molecule has 2 atom stereocenters. The van der Waals surface area contributed by atoms with E-state index >= 15 is 0 Å². The maximum atomic E-state index is 13.4. The van der Waals surface area contributed by atoms with Crippen molar-refractivity contribution in [3.63, 3.8) is 0 Å². The van der Waals surface area contributed by atoms with E-state index in [9.17, 15) is 18.3 Å². The van der Waals surface area contributed by atoms with Crippen LogP contribution in [0.4, 0.5) is 13.2 Å². The van der Waals surface area contributed by atoms with Crippen LogP contribution in [-0.4, -0.2) is 11.2 Å². The first-order valence-corrected chi connectivity index (χ1v) is 5.41. The van der Waals surface area contributed by atoms with E-state index in [0.717, 1.165) is 0 Å². The number of benzene rings is 1. The third-order valence-electron chi connectivity index (χ3n) is 2.53. The molecule has 17 heavy (non-hydrogen) atoms. The van der Waals surface area contributed by atoms with Gasteiger partial charge in [0, 0.05) is 11.6 Å². The lowest BCUT2D eigenvalue weighted by Gasteiger charge is -2.21. The van der Waals surface area contributed by atoms with Gasteiger partial charge in [-0.05, 0) is 18.4 Å². The minimum atomic E-state index is -1.27. The first-order chi connectivity index (χ1) is 7.82. The second-order valence-corrected chi connectivity index (χ2v) is 4.51. The molecule has 5 heteroatoms. The molecule has 1 rings (SSSR count). The highest BCUT2D eigenvalue weighted by Crippen LogP contribution is 2.24. The molecular formula is C12H16F3NO. The van der Waals surface area contributed by atoms with Crippen LogP contribution in [-0.2, 0) is 0 Å². The number of hydrogen-bond acceptors (Lipinski definition) is 2. The Morgan fingerprint density at radius 2 is 1.65 bits per heavy atom. The Morgan fingerprint density at radius 3 is 2.18 bits per heavy atom. The van der Waals surface area contributed by atoms with Crippen LogP contribution >= 0.6 is 0 Å². The van der Waals surface area contributed by atoms with Crippen LogP contribution in [0, 0.1) is 23.4 Å². The zero-order valence-electron chi connectivity index (χ0n) is 9.75. The molecule has 0 radical (unpaired) electrons. The lowest BCUT2D eigenvalue weighted by molar-refractivity contribution is 0.119. The first kappa shape index (κ1) is 14.0. The number of aliphatic hydroxyl groups is 1. The minimum absolute atomic E-state index is 0.171. The van der Waals surface area contributed by atoms with Crippen molar-refractivity contribution in [2.24, 2.45) is 11.7 Å². The molecule has 0 unspecified atom stereocenters. The van der Waals surface area contributed by atoms with Crippen molar-refractivity contribution in [3.8, 4) is 0 Å². The van der Waals surface area contributed by atoms with Gasteiger partial charge in [0.15, 0.2) is 11.6 Å². The Bertz CT molecular complexity index is 396. The zero-order valence-corrected chi connectivity index (χ0v) is 9.75. The summed E-state index contributed by atoms with van der Waals surface area (Å²) >= 11 is 0. The Labute approximate surface area is 98.3 Å². The maximum absolute atomic E-state index is 13.4. The van der Waals surface area contributed by atoms with Gasteiger partial charge in [0.25, 0.3) is 0 Å². The maximum Gasteiger partial charge on any atom is 0.161 e. The van der Waals surface area contributed by atoms with E-state index < -0.39 is 29.6 Å². The van der Waals surface area contributed by atoms with E-state index in [0.29, 0.717) is 18.6 Å². The third-order valence-corrected chi connectivity index (χ3v) is 2.53. The van der Waals surface area contributed by atoms with Crippen LogP contribution in [0.3, 0.4) is 0 Å². The summed E-state index contributed by atoms with van der Waals surface area (Å²) in [5.41, 5.74) is 5.42. The first-order valence-electron chi connectivity index (χ1n) is 5.41. The fraction of sp³-hybridized carbons (Fsp3) is 0.500. The minimum Gasteiger partial charge on any atom is -0.391 e. The highest BCUT2D eigenvalue weighted by Gasteiger charge is 2.22. The van der Waals surface area contributed by atoms with Crippen LogP contribution < -0.4 is 5.73 Å². The molecule has 0 bridgehead atoms. The Morgan fingerprint density at radius 1 is 1.12 bits per heavy atom. The van der Waals surface area contributed by atoms with Crippen LogP contribution in [0.1, 0.15) is 31.9 Å². The monoisotopic (exact) mass is 247 g/mol. The summed E-state index contributed by atoms with van der Waals surface area (Å²) in [5.74, 6) is -3.21. The van der Waals surface area contributed by atoms with Crippen molar-refractivity contribution >= 4 is 0 Å². The lowest BCUT2D eigenvalue weighted by atomic mass is 9.95. The van der Waals surface area contributed by atoms with Gasteiger partial charge in [0.1, 0.15) is 5.82 Å². The van der Waals surface area contributed by atoms with E-state index in [1.165, 1.54) is 0 Å². The smallest absolute Gasteiger partial charge is 0.161 e. The Kier molecular flexibility index (Phi) is 4.54. The second kappa shape index (κ2) is 5.51. The molecule has 0 spiro atoms. The molecule has 0 aliphatic rings. The van der Waals surface area contributed by atoms with Gasteiger partial charge in [-0.25, -0.2) is 13.2 Å². The summed E-state index contributed by atoms with van der Waals surface area (Å²) < 4.78 is 39.1. The van der Waals surface area contributed by atoms with Gasteiger partial charge in [-0.2, -0.15) is 0 Å². The molecule has 0 saturated heterocycles. The summed E-state index contributed by atoms with van der Waals surface area (Å²) in [6, 6.07) is 0.0680. The second-order valence-electron chi connectivity index (χ2n) is 4.51. The average Bonchev–Trinajstić information content (AvgIpc) is 2.21. The van der Waals surface area contributed by atoms with Crippen molar-refractivity contribution in [1.29, 1.82) is 0 Å². The predicted octanol–water partition coefficient (Wildman–Crippen LogP) is 2.51. The van der Waals surface area contributed by atoms with Crippen LogP contribution in [0.2, 0.25) is 0 Å². The van der Waals surface area contributed by atoms with Crippen molar-refractivity contribution in [3.05, 3.63) is 35.1 Å². The van der Waals surface area contributed by atoms with E-state index in [1.807, 2.05) is 13.8 Å². The summed E-state index contributed by atoms with van der Waals surface area (Å²) in [4.78, 5) is 0. The molecule has 3 N–H and O–H groups in total. The van der Waals surface area contributed by atoms with Gasteiger partial charge in [0.2, 0.25) is 0 Å². The van der Waals surface area contributed by atoms with Gasteiger partial charge < -0.3 is 10.8 Å². The molecule has 1 aromatic carbocycles. The fourth-order valence-corrected chi connectivity index (χ4v) is 1.63. The van der Waals surface area contributed by atoms with Gasteiger partial charge in [-0.1, -0.05) is 13.8 Å². The van der Waals surface area contributed by atoms with Crippen molar-refractivity contribution in [2.45, 2.75) is 32.4 Å². The molecule has 0 amide bonds. The molecule has 0 aliphatic heterocycles. The molecular weight excluding hydrogens is 231 g/mol. The van der Waals surface area contributed by atoms with Crippen molar-refractivity contribution < 1.29 is 18.3 Å². The molecule has 0 aromatic heterocycles. The van der Waals surface area contributed by atoms with E-state index in [1.54, 1.807) is 0 Å². The summed E-state index contributed by atoms with van der Waals surface area (Å²) in [6.45, 7) is 3.75. The predicted molar refractivity (Wildman–Crippen MR) is 58.7 cm³/mol. The van der Waals surface area contributed by atoms with E-state index in [-0.39, 0.29) is 11.5 Å². The topological polar surface area (TPSA) is 46.2 Å². The summed E-state index contributed by atoms with van der Waals surface area (Å²) in [5, 5.41) is 9.72. The molecule has 0 fully saturated rings. The average molecular weight is 247 g/mol. The van der Waals surface area contributed by atoms with Gasteiger partial charge in [-0.15, -0.1) is 0 Å².